The third-order valence-corrected chi connectivity index (χ3v) is 3.67. The third kappa shape index (κ3) is 4.53. The second-order valence-corrected chi connectivity index (χ2v) is 5.57. The molecule has 122 valence electrons. The van der Waals surface area contributed by atoms with Gasteiger partial charge in [-0.15, -0.1) is 0 Å². The summed E-state index contributed by atoms with van der Waals surface area (Å²) in [5, 5.41) is 4.25. The van der Waals surface area contributed by atoms with Gasteiger partial charge in [0.1, 0.15) is 5.75 Å². The van der Waals surface area contributed by atoms with E-state index in [4.69, 9.17) is 32.7 Å². The summed E-state index contributed by atoms with van der Waals surface area (Å²) in [7, 11) is 1.56. The van der Waals surface area contributed by atoms with Crippen LogP contribution in [0.1, 0.15) is 22.8 Å². The van der Waals surface area contributed by atoms with Crippen LogP contribution in [-0.2, 0) is 11.3 Å². The van der Waals surface area contributed by atoms with E-state index >= 15 is 0 Å². The molecule has 0 aliphatic carbocycles. The van der Waals surface area contributed by atoms with Gasteiger partial charge in [0.05, 0.1) is 24.3 Å². The summed E-state index contributed by atoms with van der Waals surface area (Å²) in [6, 6.07) is 10.5. The minimum atomic E-state index is -0.331. The van der Waals surface area contributed by atoms with Crippen molar-refractivity contribution in [2.75, 3.05) is 19.0 Å². The van der Waals surface area contributed by atoms with Crippen molar-refractivity contribution in [1.29, 1.82) is 0 Å². The molecule has 0 unspecified atom stereocenters. The van der Waals surface area contributed by atoms with Crippen LogP contribution in [0.25, 0.3) is 0 Å². The number of nitrogens with one attached hydrogen (secondary N) is 1. The predicted molar refractivity (Wildman–Crippen MR) is 92.7 cm³/mol. The molecule has 1 N–H and O–H groups in total. The molecule has 0 saturated heterocycles. The highest BCUT2D eigenvalue weighted by atomic mass is 35.5. The first-order chi connectivity index (χ1) is 11.0. The van der Waals surface area contributed by atoms with Gasteiger partial charge in [0, 0.05) is 22.8 Å². The van der Waals surface area contributed by atoms with Crippen LogP contribution in [0.4, 0.5) is 5.69 Å². The van der Waals surface area contributed by atoms with E-state index in [-0.39, 0.29) is 5.97 Å². The Hall–Kier alpha value is -1.91. The van der Waals surface area contributed by atoms with Crippen molar-refractivity contribution in [3.05, 3.63) is 57.6 Å². The van der Waals surface area contributed by atoms with Gasteiger partial charge >= 0.3 is 5.97 Å². The van der Waals surface area contributed by atoms with Crippen LogP contribution < -0.4 is 10.1 Å². The first kappa shape index (κ1) is 17.4. The van der Waals surface area contributed by atoms with Gasteiger partial charge in [-0.2, -0.15) is 0 Å². The number of esters is 1. The molecule has 23 heavy (non-hydrogen) atoms. The van der Waals surface area contributed by atoms with Gasteiger partial charge in [0.25, 0.3) is 0 Å². The second-order valence-electron chi connectivity index (χ2n) is 4.73. The summed E-state index contributed by atoms with van der Waals surface area (Å²) in [4.78, 5) is 11.6. The summed E-state index contributed by atoms with van der Waals surface area (Å²) < 4.78 is 10.3. The molecule has 0 radical (unpaired) electrons. The number of carbonyl (C=O) groups is 1. The Morgan fingerprint density at radius 3 is 2.48 bits per heavy atom. The van der Waals surface area contributed by atoms with Crippen LogP contribution >= 0.6 is 23.2 Å². The molecule has 0 aliphatic rings. The molecule has 0 spiro atoms. The van der Waals surface area contributed by atoms with Gasteiger partial charge in [-0.3, -0.25) is 0 Å². The number of rotatable bonds is 6. The van der Waals surface area contributed by atoms with E-state index in [9.17, 15) is 4.79 Å². The molecular weight excluding hydrogens is 337 g/mol. The number of benzene rings is 2. The van der Waals surface area contributed by atoms with E-state index in [2.05, 4.69) is 5.32 Å². The van der Waals surface area contributed by atoms with E-state index < -0.39 is 0 Å². The van der Waals surface area contributed by atoms with E-state index in [0.717, 1.165) is 11.3 Å². The maximum Gasteiger partial charge on any atom is 0.338 e. The van der Waals surface area contributed by atoms with Crippen LogP contribution in [0.5, 0.6) is 5.75 Å². The summed E-state index contributed by atoms with van der Waals surface area (Å²) >= 11 is 12.1. The van der Waals surface area contributed by atoms with Crippen molar-refractivity contribution in [3.8, 4) is 5.75 Å². The fraction of sp³-hybridized carbons (Fsp3) is 0.235. The zero-order chi connectivity index (χ0) is 16.8. The number of hydrogen-bond acceptors (Lipinski definition) is 4. The molecular formula is C17H17Cl2NO3. The minimum absolute atomic E-state index is 0.331. The smallest absolute Gasteiger partial charge is 0.338 e. The zero-order valence-corrected chi connectivity index (χ0v) is 14.4. The molecule has 2 aromatic carbocycles. The Labute approximate surface area is 145 Å². The summed E-state index contributed by atoms with van der Waals surface area (Å²) in [6.07, 6.45) is 0. The first-order valence-electron chi connectivity index (χ1n) is 7.08. The number of anilines is 1. The van der Waals surface area contributed by atoms with Crippen LogP contribution in [0, 0.1) is 0 Å². The molecule has 4 nitrogen and oxygen atoms in total. The molecule has 0 aliphatic heterocycles. The molecule has 0 amide bonds. The lowest BCUT2D eigenvalue weighted by atomic mass is 10.1. The van der Waals surface area contributed by atoms with Gasteiger partial charge in [-0.05, 0) is 43.3 Å². The number of ether oxygens (including phenoxy) is 2. The molecule has 0 fully saturated rings. The van der Waals surface area contributed by atoms with Gasteiger partial charge in [-0.1, -0.05) is 23.2 Å². The van der Waals surface area contributed by atoms with E-state index in [1.165, 1.54) is 0 Å². The van der Waals surface area contributed by atoms with E-state index in [1.807, 2.05) is 12.1 Å². The standard InChI is InChI=1S/C17H17Cl2NO3/c1-3-23-17(21)11-4-6-14(7-5-11)20-10-12-8-13(18)9-15(19)16(12)22-2/h4-9,20H,3,10H2,1-2H3. The summed E-state index contributed by atoms with van der Waals surface area (Å²) in [6.45, 7) is 2.62. The normalized spacial score (nSPS) is 10.3. The van der Waals surface area contributed by atoms with E-state index in [0.29, 0.717) is 34.5 Å². The number of hydrogen-bond donors (Lipinski definition) is 1. The van der Waals surface area contributed by atoms with E-state index in [1.54, 1.807) is 38.3 Å². The van der Waals surface area contributed by atoms with Gasteiger partial charge in [-0.25, -0.2) is 4.79 Å². The Kier molecular flexibility index (Phi) is 6.13. The second kappa shape index (κ2) is 8.09. The Morgan fingerprint density at radius 2 is 1.87 bits per heavy atom. The Bertz CT molecular complexity index is 687. The molecule has 2 rings (SSSR count). The SMILES string of the molecule is CCOC(=O)c1ccc(NCc2cc(Cl)cc(Cl)c2OC)cc1. The molecule has 6 heteroatoms. The molecule has 0 atom stereocenters. The quantitative estimate of drug-likeness (QED) is 0.758. The summed E-state index contributed by atoms with van der Waals surface area (Å²) in [5.41, 5.74) is 2.22. The minimum Gasteiger partial charge on any atom is -0.495 e. The maximum atomic E-state index is 11.6. The molecule has 2 aromatic rings. The monoisotopic (exact) mass is 353 g/mol. The van der Waals surface area contributed by atoms with Crippen molar-refractivity contribution < 1.29 is 14.3 Å². The lowest BCUT2D eigenvalue weighted by molar-refractivity contribution is 0.0526. The average Bonchev–Trinajstić information content (AvgIpc) is 2.53. The highest BCUT2D eigenvalue weighted by molar-refractivity contribution is 6.35. The fourth-order valence-corrected chi connectivity index (χ4v) is 2.72. The van der Waals surface area contributed by atoms with Crippen LogP contribution in [0.2, 0.25) is 10.0 Å². The Morgan fingerprint density at radius 1 is 1.17 bits per heavy atom. The zero-order valence-electron chi connectivity index (χ0n) is 12.9. The molecule has 0 saturated carbocycles. The molecule has 0 aromatic heterocycles. The van der Waals surface area contributed by atoms with Crippen molar-refractivity contribution in [3.63, 3.8) is 0 Å². The third-order valence-electron chi connectivity index (χ3n) is 3.17. The lowest BCUT2D eigenvalue weighted by Crippen LogP contribution is -2.05. The highest BCUT2D eigenvalue weighted by Crippen LogP contribution is 2.32. The van der Waals surface area contributed by atoms with Crippen molar-refractivity contribution >= 4 is 34.9 Å². The largest absolute Gasteiger partial charge is 0.495 e. The maximum absolute atomic E-state index is 11.6. The van der Waals surface area contributed by atoms with Gasteiger partial charge in [0.2, 0.25) is 0 Å². The fourth-order valence-electron chi connectivity index (χ4n) is 2.11. The van der Waals surface area contributed by atoms with Gasteiger partial charge in [0.15, 0.2) is 0 Å². The van der Waals surface area contributed by atoms with Crippen molar-refractivity contribution in [2.24, 2.45) is 0 Å². The van der Waals surface area contributed by atoms with Crippen LogP contribution in [-0.4, -0.2) is 19.7 Å². The molecule has 0 bridgehead atoms. The topological polar surface area (TPSA) is 47.6 Å². The molecule has 0 heterocycles. The highest BCUT2D eigenvalue weighted by Gasteiger charge is 2.10. The summed E-state index contributed by atoms with van der Waals surface area (Å²) in [5.74, 6) is 0.258. The van der Waals surface area contributed by atoms with Crippen LogP contribution in [0.15, 0.2) is 36.4 Å². The predicted octanol–water partition coefficient (Wildman–Crippen LogP) is 4.79. The number of methoxy groups -OCH3 is 1. The average molecular weight is 354 g/mol. The number of carbonyl (C=O) groups excluding carboxylic acids is 1. The first-order valence-corrected chi connectivity index (χ1v) is 7.83. The van der Waals surface area contributed by atoms with Crippen LogP contribution in [0.3, 0.4) is 0 Å². The number of halogens is 2. The van der Waals surface area contributed by atoms with Crippen molar-refractivity contribution in [1.82, 2.24) is 0 Å². The van der Waals surface area contributed by atoms with Gasteiger partial charge < -0.3 is 14.8 Å². The lowest BCUT2D eigenvalue weighted by Gasteiger charge is -2.13. The van der Waals surface area contributed by atoms with Crippen molar-refractivity contribution in [2.45, 2.75) is 13.5 Å². The Balaban J connectivity index is 2.08.